The molecule has 5 atom stereocenters. The molecule has 1 heterocycles. The average molecular weight is 521 g/mol. The van der Waals surface area contributed by atoms with E-state index in [1.165, 1.54) is 5.56 Å². The van der Waals surface area contributed by atoms with E-state index < -0.39 is 12.1 Å². The van der Waals surface area contributed by atoms with Crippen molar-refractivity contribution >= 4 is 5.91 Å². The average Bonchev–Trinajstić information content (AvgIpc) is 3.38. The largest absolute Gasteiger partial charge is 0.493 e. The minimum Gasteiger partial charge on any atom is -0.493 e. The Hall–Kier alpha value is -1.67. The summed E-state index contributed by atoms with van der Waals surface area (Å²) in [6.45, 7) is 13.1. The van der Waals surface area contributed by atoms with E-state index in [2.05, 4.69) is 44.3 Å². The molecule has 37 heavy (non-hydrogen) atoms. The molecular formula is C30H52N2O5. The molecule has 1 aromatic carbocycles. The van der Waals surface area contributed by atoms with Gasteiger partial charge in [0.15, 0.2) is 0 Å². The summed E-state index contributed by atoms with van der Waals surface area (Å²) in [7, 11) is 1.70. The highest BCUT2D eigenvalue weighted by atomic mass is 16.5. The number of aryl methyl sites for hydroxylation is 1. The number of aliphatic hydroxyl groups excluding tert-OH is 1. The molecule has 0 aromatic heterocycles. The van der Waals surface area contributed by atoms with Gasteiger partial charge in [0.1, 0.15) is 5.75 Å². The fourth-order valence-corrected chi connectivity index (χ4v) is 4.98. The Balaban J connectivity index is 1.94. The smallest absolute Gasteiger partial charge is 0.223 e. The lowest BCUT2D eigenvalue weighted by molar-refractivity contribution is -0.128. The van der Waals surface area contributed by atoms with Crippen molar-refractivity contribution in [3.8, 4) is 5.75 Å². The summed E-state index contributed by atoms with van der Waals surface area (Å²) in [6.07, 6.45) is 4.18. The minimum absolute atomic E-state index is 0.0187. The number of ether oxygens (including phenoxy) is 3. The van der Waals surface area contributed by atoms with Crippen LogP contribution in [-0.2, 0) is 20.7 Å². The molecule has 212 valence electrons. The minimum atomic E-state index is -0.736. The van der Waals surface area contributed by atoms with Crippen molar-refractivity contribution in [1.29, 1.82) is 0 Å². The van der Waals surface area contributed by atoms with Gasteiger partial charge in [0.2, 0.25) is 5.91 Å². The first-order valence-corrected chi connectivity index (χ1v) is 14.2. The zero-order valence-corrected chi connectivity index (χ0v) is 24.0. The van der Waals surface area contributed by atoms with E-state index in [0.29, 0.717) is 44.4 Å². The SMILES string of the molecule is COCCCOc1cc(C[C@@H](C[C@H](N)[C@@H](O)C[C@H](C(=O)NC[C@@H]2CCCO2)C(C)C)C(C)C)ccc1C. The van der Waals surface area contributed by atoms with Gasteiger partial charge in [0.25, 0.3) is 0 Å². The summed E-state index contributed by atoms with van der Waals surface area (Å²) in [5.74, 6) is 1.43. The third-order valence-electron chi connectivity index (χ3n) is 7.68. The predicted molar refractivity (Wildman–Crippen MR) is 149 cm³/mol. The molecule has 7 nitrogen and oxygen atoms in total. The van der Waals surface area contributed by atoms with Gasteiger partial charge in [-0.25, -0.2) is 0 Å². The highest BCUT2D eigenvalue weighted by molar-refractivity contribution is 5.78. The number of carbonyl (C=O) groups excluding carboxylic acids is 1. The molecule has 0 bridgehead atoms. The van der Waals surface area contributed by atoms with Gasteiger partial charge < -0.3 is 30.4 Å². The van der Waals surface area contributed by atoms with Crippen LogP contribution in [0.2, 0.25) is 0 Å². The highest BCUT2D eigenvalue weighted by Gasteiger charge is 2.30. The lowest BCUT2D eigenvalue weighted by Crippen LogP contribution is -2.43. The first kappa shape index (κ1) is 31.5. The maximum absolute atomic E-state index is 12.9. The maximum Gasteiger partial charge on any atom is 0.223 e. The van der Waals surface area contributed by atoms with Crippen molar-refractivity contribution in [2.75, 3.05) is 33.5 Å². The van der Waals surface area contributed by atoms with Gasteiger partial charge in [-0.2, -0.15) is 0 Å². The molecule has 0 unspecified atom stereocenters. The number of amides is 1. The molecule has 1 fully saturated rings. The summed E-state index contributed by atoms with van der Waals surface area (Å²) in [5.41, 5.74) is 8.87. The van der Waals surface area contributed by atoms with Gasteiger partial charge in [-0.15, -0.1) is 0 Å². The van der Waals surface area contributed by atoms with Gasteiger partial charge in [0, 0.05) is 45.2 Å². The second kappa shape index (κ2) is 16.3. The van der Waals surface area contributed by atoms with Crippen LogP contribution < -0.4 is 15.8 Å². The van der Waals surface area contributed by atoms with Gasteiger partial charge in [-0.05, 0) is 74.0 Å². The Labute approximate surface area is 224 Å². The predicted octanol–water partition coefficient (Wildman–Crippen LogP) is 4.26. The Morgan fingerprint density at radius 3 is 2.57 bits per heavy atom. The van der Waals surface area contributed by atoms with Crippen LogP contribution in [0.15, 0.2) is 18.2 Å². The van der Waals surface area contributed by atoms with Crippen LogP contribution in [0, 0.1) is 30.6 Å². The van der Waals surface area contributed by atoms with Crippen molar-refractivity contribution in [2.24, 2.45) is 29.4 Å². The van der Waals surface area contributed by atoms with Crippen molar-refractivity contribution in [3.05, 3.63) is 29.3 Å². The van der Waals surface area contributed by atoms with E-state index in [9.17, 15) is 9.90 Å². The van der Waals surface area contributed by atoms with Gasteiger partial charge in [0.05, 0.1) is 18.8 Å². The van der Waals surface area contributed by atoms with Crippen LogP contribution in [0.4, 0.5) is 0 Å². The monoisotopic (exact) mass is 520 g/mol. The molecule has 0 aliphatic carbocycles. The van der Waals surface area contributed by atoms with E-state index in [1.807, 2.05) is 13.8 Å². The molecule has 1 aliphatic heterocycles. The zero-order chi connectivity index (χ0) is 27.4. The number of benzene rings is 1. The fraction of sp³-hybridized carbons (Fsp3) is 0.767. The van der Waals surface area contributed by atoms with Crippen LogP contribution in [0.3, 0.4) is 0 Å². The van der Waals surface area contributed by atoms with Crippen LogP contribution >= 0.6 is 0 Å². The molecule has 1 aliphatic rings. The van der Waals surface area contributed by atoms with E-state index in [4.69, 9.17) is 19.9 Å². The number of rotatable bonds is 17. The van der Waals surface area contributed by atoms with E-state index in [-0.39, 0.29) is 23.8 Å². The molecule has 4 N–H and O–H groups in total. The molecule has 1 aromatic rings. The molecular weight excluding hydrogens is 468 g/mol. The van der Waals surface area contributed by atoms with Crippen molar-refractivity contribution in [3.63, 3.8) is 0 Å². The number of nitrogens with one attached hydrogen (secondary N) is 1. The Bertz CT molecular complexity index is 794. The Morgan fingerprint density at radius 1 is 1.19 bits per heavy atom. The second-order valence-electron chi connectivity index (χ2n) is 11.4. The fourth-order valence-electron chi connectivity index (χ4n) is 4.98. The van der Waals surface area contributed by atoms with Crippen LogP contribution in [0.1, 0.15) is 70.9 Å². The van der Waals surface area contributed by atoms with Gasteiger partial charge in [-0.3, -0.25) is 4.79 Å². The second-order valence-corrected chi connectivity index (χ2v) is 11.4. The van der Waals surface area contributed by atoms with Gasteiger partial charge >= 0.3 is 0 Å². The molecule has 0 saturated carbocycles. The summed E-state index contributed by atoms with van der Waals surface area (Å²) in [6, 6.07) is 6.00. The number of methoxy groups -OCH3 is 1. The van der Waals surface area contributed by atoms with Crippen LogP contribution in [0.25, 0.3) is 0 Å². The lowest BCUT2D eigenvalue weighted by Gasteiger charge is -2.30. The number of nitrogens with two attached hydrogens (primary N) is 1. The molecule has 0 spiro atoms. The third-order valence-corrected chi connectivity index (χ3v) is 7.68. The summed E-state index contributed by atoms with van der Waals surface area (Å²) >= 11 is 0. The quantitative estimate of drug-likeness (QED) is 0.265. The molecule has 1 saturated heterocycles. The van der Waals surface area contributed by atoms with E-state index >= 15 is 0 Å². The van der Waals surface area contributed by atoms with Crippen LogP contribution in [0.5, 0.6) is 5.75 Å². The number of aliphatic hydroxyl groups is 1. The maximum atomic E-state index is 12.9. The Kier molecular flexibility index (Phi) is 13.9. The normalized spacial score (nSPS) is 19.1. The Morgan fingerprint density at radius 2 is 1.95 bits per heavy atom. The zero-order valence-electron chi connectivity index (χ0n) is 24.0. The molecule has 7 heteroatoms. The highest BCUT2D eigenvalue weighted by Crippen LogP contribution is 2.28. The van der Waals surface area contributed by atoms with E-state index in [0.717, 1.165) is 43.6 Å². The first-order chi connectivity index (χ1) is 17.6. The molecule has 0 radical (unpaired) electrons. The lowest BCUT2D eigenvalue weighted by atomic mass is 9.80. The van der Waals surface area contributed by atoms with E-state index in [1.54, 1.807) is 7.11 Å². The first-order valence-electron chi connectivity index (χ1n) is 14.2. The van der Waals surface area contributed by atoms with Crippen molar-refractivity contribution in [1.82, 2.24) is 5.32 Å². The number of hydrogen-bond acceptors (Lipinski definition) is 6. The molecule has 2 rings (SSSR count). The van der Waals surface area contributed by atoms with Crippen molar-refractivity contribution in [2.45, 2.75) is 91.4 Å². The summed E-state index contributed by atoms with van der Waals surface area (Å²) in [4.78, 5) is 12.9. The number of hydrogen-bond donors (Lipinski definition) is 3. The topological polar surface area (TPSA) is 103 Å². The summed E-state index contributed by atoms with van der Waals surface area (Å²) in [5, 5.41) is 14.1. The number of carbonyl (C=O) groups is 1. The van der Waals surface area contributed by atoms with Crippen LogP contribution in [-0.4, -0.2) is 62.7 Å². The summed E-state index contributed by atoms with van der Waals surface area (Å²) < 4.78 is 16.7. The third kappa shape index (κ3) is 10.9. The molecule has 1 amide bonds. The van der Waals surface area contributed by atoms with Gasteiger partial charge in [-0.1, -0.05) is 39.8 Å². The van der Waals surface area contributed by atoms with Crippen molar-refractivity contribution < 1.29 is 24.1 Å². The standard InChI is InChI=1S/C30H52N2O5/c1-20(2)24(15-23-11-10-22(5)29(16-23)37-14-8-12-35-6)17-27(31)28(33)18-26(21(3)4)30(34)32-19-25-9-7-13-36-25/h10-11,16,20-21,24-28,33H,7-9,12-15,17-19,31H2,1-6H3,(H,32,34)/t24-,25-,26-,27-,28-/m0/s1.